The van der Waals surface area contributed by atoms with E-state index in [9.17, 15) is 9.59 Å². The SMILES string of the molecule is CC.CCCc1cnc(C2CC3=CC4CC4C=C(C3)N2C(=O)C(CC)CC(=O)OC(C)(C)C)[nH]1.[HH]. The summed E-state index contributed by atoms with van der Waals surface area (Å²) in [6.45, 7) is 13.7. The van der Waals surface area contributed by atoms with Gasteiger partial charge >= 0.3 is 5.97 Å². The van der Waals surface area contributed by atoms with Gasteiger partial charge in [0.25, 0.3) is 0 Å². The van der Waals surface area contributed by atoms with E-state index in [4.69, 9.17) is 4.74 Å². The first-order chi connectivity index (χ1) is 16.2. The Bertz CT molecular complexity index is 943. The zero-order valence-corrected chi connectivity index (χ0v) is 22.1. The summed E-state index contributed by atoms with van der Waals surface area (Å²) in [6, 6.07) is -0.149. The molecule has 3 aliphatic rings. The van der Waals surface area contributed by atoms with Crippen LogP contribution in [-0.4, -0.2) is 32.3 Å². The first-order valence-corrected chi connectivity index (χ1v) is 13.2. The number of H-pyrrole nitrogens is 1. The normalized spacial score (nSPS) is 24.0. The highest BCUT2D eigenvalue weighted by molar-refractivity contribution is 5.85. The van der Waals surface area contributed by atoms with Crippen LogP contribution in [0.25, 0.3) is 0 Å². The summed E-state index contributed by atoms with van der Waals surface area (Å²) in [5, 5.41) is 0. The van der Waals surface area contributed by atoms with E-state index >= 15 is 0 Å². The number of nitrogens with one attached hydrogen (secondary N) is 1. The van der Waals surface area contributed by atoms with Crippen LogP contribution in [-0.2, 0) is 20.7 Å². The number of aromatic nitrogens is 2. The van der Waals surface area contributed by atoms with Crippen LogP contribution in [0.1, 0.15) is 106 Å². The standard InChI is InChI=1S/C26H37N3O3.C2H6.H2/c1-6-8-20-15-27-24(28-20)22-11-16-9-18-12-19(18)13-21(10-16)29(22)25(31)17(7-2)14-23(30)32-26(3,4)5;1-2;/h9,13,15,17-19,22H,6-8,10-12,14H2,1-5H3,(H,27,28);1-2H3;1H. The van der Waals surface area contributed by atoms with Gasteiger partial charge in [0.1, 0.15) is 11.4 Å². The number of rotatable bonds is 7. The number of allylic oxidation sites excluding steroid dienone is 3. The van der Waals surface area contributed by atoms with Crippen molar-refractivity contribution in [1.82, 2.24) is 14.9 Å². The lowest BCUT2D eigenvalue weighted by Gasteiger charge is -2.39. The second-order valence-corrected chi connectivity index (χ2v) is 10.6. The Labute approximate surface area is 206 Å². The van der Waals surface area contributed by atoms with E-state index in [-0.39, 0.29) is 25.8 Å². The molecule has 34 heavy (non-hydrogen) atoms. The highest BCUT2D eigenvalue weighted by Gasteiger charge is 2.44. The second kappa shape index (κ2) is 10.9. The van der Waals surface area contributed by atoms with Crippen LogP contribution < -0.4 is 0 Å². The second-order valence-electron chi connectivity index (χ2n) is 10.6. The van der Waals surface area contributed by atoms with Crippen molar-refractivity contribution in [3.05, 3.63) is 41.1 Å². The van der Waals surface area contributed by atoms with Crippen LogP contribution in [0, 0.1) is 17.8 Å². The molecule has 2 aliphatic carbocycles. The van der Waals surface area contributed by atoms with Crippen molar-refractivity contribution in [3.63, 3.8) is 0 Å². The van der Waals surface area contributed by atoms with E-state index in [0.29, 0.717) is 18.3 Å². The zero-order valence-electron chi connectivity index (χ0n) is 22.1. The van der Waals surface area contributed by atoms with Crippen LogP contribution in [0.15, 0.2) is 29.6 Å². The van der Waals surface area contributed by atoms with Gasteiger partial charge in [-0.25, -0.2) is 4.98 Å². The highest BCUT2D eigenvalue weighted by atomic mass is 16.6. The first-order valence-electron chi connectivity index (χ1n) is 13.2. The fourth-order valence-corrected chi connectivity index (χ4v) is 5.01. The lowest BCUT2D eigenvalue weighted by molar-refractivity contribution is -0.158. The smallest absolute Gasteiger partial charge is 0.307 e. The molecule has 0 radical (unpaired) electrons. The summed E-state index contributed by atoms with van der Waals surface area (Å²) in [6.07, 6.45) is 12.1. The molecule has 6 nitrogen and oxygen atoms in total. The van der Waals surface area contributed by atoms with E-state index in [1.54, 1.807) is 0 Å². The minimum Gasteiger partial charge on any atom is -0.460 e. The van der Waals surface area contributed by atoms with Crippen LogP contribution in [0.4, 0.5) is 0 Å². The van der Waals surface area contributed by atoms with E-state index in [1.807, 2.05) is 52.6 Å². The molecule has 1 amide bonds. The number of fused-ring (bicyclic) bond motifs is 3. The summed E-state index contributed by atoms with van der Waals surface area (Å²) < 4.78 is 5.52. The summed E-state index contributed by atoms with van der Waals surface area (Å²) >= 11 is 0. The maximum atomic E-state index is 13.9. The van der Waals surface area contributed by atoms with Crippen LogP contribution in [0.3, 0.4) is 0 Å². The lowest BCUT2D eigenvalue weighted by atomic mass is 9.90. The number of piperidine rings is 1. The number of aromatic amines is 1. The summed E-state index contributed by atoms with van der Waals surface area (Å²) in [7, 11) is 0. The van der Waals surface area contributed by atoms with Gasteiger partial charge in [0.2, 0.25) is 5.91 Å². The lowest BCUT2D eigenvalue weighted by Crippen LogP contribution is -2.42. The van der Waals surface area contributed by atoms with Crippen LogP contribution in [0.5, 0.6) is 0 Å². The number of hydrogen-bond donors (Lipinski definition) is 1. The average molecular weight is 472 g/mol. The predicted molar refractivity (Wildman–Crippen MR) is 137 cm³/mol. The molecule has 4 atom stereocenters. The molecule has 2 fully saturated rings. The molecule has 0 aromatic carbocycles. The number of aryl methyl sites for hydroxylation is 1. The largest absolute Gasteiger partial charge is 0.460 e. The monoisotopic (exact) mass is 471 g/mol. The third-order valence-corrected chi connectivity index (χ3v) is 6.63. The number of hydrogen-bond acceptors (Lipinski definition) is 4. The zero-order chi connectivity index (χ0) is 25.0. The van der Waals surface area contributed by atoms with Gasteiger partial charge in [-0.15, -0.1) is 0 Å². The molecule has 4 unspecified atom stereocenters. The first kappa shape index (κ1) is 26.2. The molecule has 190 valence electrons. The third-order valence-electron chi connectivity index (χ3n) is 6.63. The maximum Gasteiger partial charge on any atom is 0.307 e. The Hall–Kier alpha value is -2.37. The number of carbonyl (C=O) groups is 2. The molecule has 2 heterocycles. The molecule has 6 heteroatoms. The van der Waals surface area contributed by atoms with Crippen molar-refractivity contribution in [2.75, 3.05) is 0 Å². The summed E-state index contributed by atoms with van der Waals surface area (Å²) in [4.78, 5) is 36.6. The van der Waals surface area contributed by atoms with Crippen molar-refractivity contribution in [1.29, 1.82) is 0 Å². The molecule has 1 aromatic rings. The topological polar surface area (TPSA) is 75.3 Å². The predicted octanol–water partition coefficient (Wildman–Crippen LogP) is 6.52. The van der Waals surface area contributed by atoms with Gasteiger partial charge in [-0.3, -0.25) is 9.59 Å². The van der Waals surface area contributed by atoms with Gasteiger partial charge in [-0.1, -0.05) is 51.8 Å². The Balaban J connectivity index is 0.00000140. The van der Waals surface area contributed by atoms with Crippen molar-refractivity contribution in [2.45, 2.75) is 105 Å². The number of ether oxygens (including phenoxy) is 1. The molecule has 1 saturated carbocycles. The minimum absolute atomic E-state index is 0. The van der Waals surface area contributed by atoms with Crippen molar-refractivity contribution in [2.24, 2.45) is 17.8 Å². The summed E-state index contributed by atoms with van der Waals surface area (Å²) in [5.74, 6) is 1.31. The van der Waals surface area contributed by atoms with Crippen LogP contribution in [0.2, 0.25) is 0 Å². The van der Waals surface area contributed by atoms with Gasteiger partial charge < -0.3 is 14.6 Å². The molecule has 0 spiro atoms. The van der Waals surface area contributed by atoms with E-state index in [0.717, 1.165) is 42.9 Å². The number of carbonyl (C=O) groups excluding carboxylic acids is 2. The summed E-state index contributed by atoms with van der Waals surface area (Å²) in [5.41, 5.74) is 3.04. The van der Waals surface area contributed by atoms with Crippen LogP contribution >= 0.6 is 0 Å². The Morgan fingerprint density at radius 2 is 1.94 bits per heavy atom. The van der Waals surface area contributed by atoms with E-state index in [2.05, 4.69) is 29.0 Å². The minimum atomic E-state index is -0.555. The Morgan fingerprint density at radius 1 is 1.24 bits per heavy atom. The fraction of sp³-hybridized carbons (Fsp3) is 0.679. The Kier molecular flexibility index (Phi) is 8.43. The molecule has 1 aromatic heterocycles. The van der Waals surface area contributed by atoms with Gasteiger partial charge in [-0.05, 0) is 58.3 Å². The molecular weight excluding hydrogens is 426 g/mol. The van der Waals surface area contributed by atoms with Crippen molar-refractivity contribution in [3.8, 4) is 0 Å². The van der Waals surface area contributed by atoms with Gasteiger partial charge in [0.05, 0.1) is 12.5 Å². The van der Waals surface area contributed by atoms with Gasteiger partial charge in [-0.2, -0.15) is 0 Å². The average Bonchev–Trinajstić information content (AvgIpc) is 3.34. The number of likely N-dealkylation sites (tertiary alicyclic amines) is 1. The Morgan fingerprint density at radius 3 is 2.59 bits per heavy atom. The van der Waals surface area contributed by atoms with E-state index < -0.39 is 11.5 Å². The molecule has 4 rings (SSSR count). The molecule has 2 bridgehead atoms. The molecule has 1 aliphatic heterocycles. The van der Waals surface area contributed by atoms with Crippen molar-refractivity contribution < 1.29 is 15.8 Å². The number of esters is 1. The molecule has 1 saturated heterocycles. The van der Waals surface area contributed by atoms with E-state index in [1.165, 1.54) is 12.0 Å². The highest BCUT2D eigenvalue weighted by Crippen LogP contribution is 2.50. The number of amides is 1. The molecule has 1 N–H and O–H groups in total. The fourth-order valence-electron chi connectivity index (χ4n) is 5.01. The molecular formula is C28H45N3O3. The number of imidazole rings is 1. The quantitative estimate of drug-likeness (QED) is 0.363. The van der Waals surface area contributed by atoms with Gasteiger partial charge in [0.15, 0.2) is 0 Å². The maximum absolute atomic E-state index is 13.9. The van der Waals surface area contributed by atoms with Gasteiger partial charge in [0, 0.05) is 31.4 Å². The third kappa shape index (κ3) is 6.19. The van der Waals surface area contributed by atoms with Crippen molar-refractivity contribution >= 4 is 11.9 Å². The number of nitrogens with zero attached hydrogens (tertiary/aromatic N) is 2.